The van der Waals surface area contributed by atoms with E-state index in [1.807, 2.05) is 23.5 Å². The molecule has 0 aromatic rings. The molecule has 0 aromatic carbocycles. The van der Waals surface area contributed by atoms with Crippen LogP contribution in [0.25, 0.3) is 0 Å². The largest absolute Gasteiger partial charge is 0.357 e. The van der Waals surface area contributed by atoms with Crippen molar-refractivity contribution in [2.75, 3.05) is 37.9 Å². The summed E-state index contributed by atoms with van der Waals surface area (Å²) in [5.41, 5.74) is 0. The lowest BCUT2D eigenvalue weighted by Gasteiger charge is -2.11. The van der Waals surface area contributed by atoms with Gasteiger partial charge in [-0.2, -0.15) is 23.5 Å². The van der Waals surface area contributed by atoms with Crippen LogP contribution in [0.15, 0.2) is 4.99 Å². The smallest absolute Gasteiger partial charge is 0.191 e. The number of nitrogens with zero attached hydrogens (tertiary/aromatic N) is 1. The molecule has 1 unspecified atom stereocenters. The zero-order chi connectivity index (χ0) is 11.5. The van der Waals surface area contributed by atoms with Gasteiger partial charge in [-0.15, -0.1) is 24.0 Å². The predicted molar refractivity (Wildman–Crippen MR) is 90.8 cm³/mol. The van der Waals surface area contributed by atoms with Crippen molar-refractivity contribution >= 4 is 53.5 Å². The first-order chi connectivity index (χ1) is 7.24. The van der Waals surface area contributed by atoms with Crippen LogP contribution < -0.4 is 10.6 Å². The Kier molecular flexibility index (Phi) is 16.4. The Bertz CT molecular complexity index is 179. The van der Waals surface area contributed by atoms with Crippen molar-refractivity contribution < 1.29 is 0 Å². The van der Waals surface area contributed by atoms with Crippen LogP contribution in [0.2, 0.25) is 0 Å². The van der Waals surface area contributed by atoms with E-state index in [1.54, 1.807) is 0 Å². The van der Waals surface area contributed by atoms with Crippen LogP contribution in [0.5, 0.6) is 0 Å². The summed E-state index contributed by atoms with van der Waals surface area (Å²) in [5, 5.41) is 7.14. The highest BCUT2D eigenvalue weighted by atomic mass is 127. The van der Waals surface area contributed by atoms with E-state index >= 15 is 0 Å². The maximum absolute atomic E-state index is 4.52. The molecule has 2 N–H and O–H groups in total. The quantitative estimate of drug-likeness (QED) is 0.309. The number of aliphatic imine (C=N–C) groups is 1. The van der Waals surface area contributed by atoms with E-state index in [4.69, 9.17) is 0 Å². The Balaban J connectivity index is 0. The molecule has 0 aliphatic heterocycles. The average molecular weight is 377 g/mol. The standard InChI is InChI=1S/C10H23N3S2.HI/c1-5-11-10(12-6-7-14-3)13-8-9(2)15-4;/h9H,5-8H2,1-4H3,(H2,11,12,13);1H. The molecule has 98 valence electrons. The van der Waals surface area contributed by atoms with Gasteiger partial charge in [-0.05, 0) is 19.4 Å². The van der Waals surface area contributed by atoms with Crippen LogP contribution in [0.4, 0.5) is 0 Å². The average Bonchev–Trinajstić information content (AvgIpc) is 2.25. The van der Waals surface area contributed by atoms with Crippen molar-refractivity contribution in [1.82, 2.24) is 10.6 Å². The van der Waals surface area contributed by atoms with Crippen molar-refractivity contribution in [3.8, 4) is 0 Å². The van der Waals surface area contributed by atoms with Gasteiger partial charge in [0.15, 0.2) is 5.96 Å². The zero-order valence-electron chi connectivity index (χ0n) is 10.6. The molecule has 3 nitrogen and oxygen atoms in total. The first kappa shape index (κ1) is 19.0. The summed E-state index contributed by atoms with van der Waals surface area (Å²) < 4.78 is 0. The number of guanidine groups is 1. The van der Waals surface area contributed by atoms with E-state index in [2.05, 4.69) is 42.0 Å². The van der Waals surface area contributed by atoms with E-state index in [0.29, 0.717) is 5.25 Å². The minimum atomic E-state index is 0. The Morgan fingerprint density at radius 3 is 2.50 bits per heavy atom. The van der Waals surface area contributed by atoms with Gasteiger partial charge in [0.25, 0.3) is 0 Å². The van der Waals surface area contributed by atoms with Crippen molar-refractivity contribution in [3.63, 3.8) is 0 Å². The predicted octanol–water partition coefficient (Wildman–Crippen LogP) is 2.27. The fourth-order valence-electron chi connectivity index (χ4n) is 0.908. The van der Waals surface area contributed by atoms with Gasteiger partial charge in [0, 0.05) is 24.1 Å². The van der Waals surface area contributed by atoms with Gasteiger partial charge in [0.2, 0.25) is 0 Å². The summed E-state index contributed by atoms with van der Waals surface area (Å²) in [6.45, 7) is 7.04. The van der Waals surface area contributed by atoms with Crippen molar-refractivity contribution in [2.45, 2.75) is 19.1 Å². The maximum atomic E-state index is 4.52. The van der Waals surface area contributed by atoms with Gasteiger partial charge in [-0.3, -0.25) is 4.99 Å². The second-order valence-corrected chi connectivity index (χ2v) is 5.45. The highest BCUT2D eigenvalue weighted by Gasteiger charge is 1.99. The van der Waals surface area contributed by atoms with Crippen LogP contribution in [0.3, 0.4) is 0 Å². The maximum Gasteiger partial charge on any atom is 0.191 e. The molecular weight excluding hydrogens is 353 g/mol. The molecular formula is C10H24IN3S2. The van der Waals surface area contributed by atoms with Crippen molar-refractivity contribution in [3.05, 3.63) is 0 Å². The van der Waals surface area contributed by atoms with Gasteiger partial charge in [0.05, 0.1) is 6.54 Å². The molecule has 1 atom stereocenters. The highest BCUT2D eigenvalue weighted by Crippen LogP contribution is 2.04. The first-order valence-electron chi connectivity index (χ1n) is 5.28. The van der Waals surface area contributed by atoms with Crippen molar-refractivity contribution in [1.29, 1.82) is 0 Å². The molecule has 0 saturated heterocycles. The van der Waals surface area contributed by atoms with Gasteiger partial charge in [0.1, 0.15) is 0 Å². The first-order valence-corrected chi connectivity index (χ1v) is 7.96. The fraction of sp³-hybridized carbons (Fsp3) is 0.900. The second kappa shape index (κ2) is 13.8. The van der Waals surface area contributed by atoms with Gasteiger partial charge < -0.3 is 10.6 Å². The Labute approximate surface area is 125 Å². The van der Waals surface area contributed by atoms with Crippen LogP contribution in [-0.4, -0.2) is 49.1 Å². The summed E-state index contributed by atoms with van der Waals surface area (Å²) in [6, 6.07) is 0. The second-order valence-electron chi connectivity index (χ2n) is 3.19. The fourth-order valence-corrected chi connectivity index (χ4v) is 1.44. The molecule has 0 aromatic heterocycles. The monoisotopic (exact) mass is 377 g/mol. The molecule has 0 aliphatic rings. The topological polar surface area (TPSA) is 36.4 Å². The summed E-state index contributed by atoms with van der Waals surface area (Å²) in [5.74, 6) is 2.05. The lowest BCUT2D eigenvalue weighted by atomic mass is 10.5. The minimum Gasteiger partial charge on any atom is -0.357 e. The third-order valence-electron chi connectivity index (χ3n) is 1.85. The van der Waals surface area contributed by atoms with Crippen LogP contribution >= 0.6 is 47.5 Å². The Hall–Kier alpha value is 0.700. The molecule has 0 spiro atoms. The van der Waals surface area contributed by atoms with Crippen LogP contribution in [-0.2, 0) is 0 Å². The third kappa shape index (κ3) is 11.2. The number of hydrogen-bond donors (Lipinski definition) is 2. The summed E-state index contributed by atoms with van der Waals surface area (Å²) in [7, 11) is 0. The summed E-state index contributed by atoms with van der Waals surface area (Å²) in [4.78, 5) is 4.52. The van der Waals surface area contributed by atoms with E-state index in [9.17, 15) is 0 Å². The van der Waals surface area contributed by atoms with Crippen LogP contribution in [0.1, 0.15) is 13.8 Å². The molecule has 0 bridgehead atoms. The normalized spacial score (nSPS) is 12.9. The lowest BCUT2D eigenvalue weighted by Crippen LogP contribution is -2.38. The molecule has 16 heavy (non-hydrogen) atoms. The molecule has 0 fully saturated rings. The number of nitrogens with one attached hydrogen (secondary N) is 2. The molecule has 0 aliphatic carbocycles. The number of thioether (sulfide) groups is 2. The molecule has 6 heteroatoms. The summed E-state index contributed by atoms with van der Waals surface area (Å²) >= 11 is 3.69. The van der Waals surface area contributed by atoms with E-state index in [1.165, 1.54) is 0 Å². The van der Waals surface area contributed by atoms with Crippen molar-refractivity contribution in [2.24, 2.45) is 4.99 Å². The number of hydrogen-bond acceptors (Lipinski definition) is 3. The Morgan fingerprint density at radius 2 is 2.00 bits per heavy atom. The summed E-state index contributed by atoms with van der Waals surface area (Å²) in [6.07, 6.45) is 4.23. The molecule has 0 heterocycles. The zero-order valence-corrected chi connectivity index (χ0v) is 14.5. The minimum absolute atomic E-state index is 0. The van der Waals surface area contributed by atoms with Gasteiger partial charge in [-0.1, -0.05) is 6.92 Å². The Morgan fingerprint density at radius 1 is 1.31 bits per heavy atom. The lowest BCUT2D eigenvalue weighted by molar-refractivity contribution is 0.834. The van der Waals surface area contributed by atoms with Gasteiger partial charge in [-0.25, -0.2) is 0 Å². The van der Waals surface area contributed by atoms with E-state index in [-0.39, 0.29) is 24.0 Å². The molecule has 0 saturated carbocycles. The third-order valence-corrected chi connectivity index (χ3v) is 3.42. The molecule has 0 amide bonds. The van der Waals surface area contributed by atoms with E-state index in [0.717, 1.165) is 31.3 Å². The van der Waals surface area contributed by atoms with Gasteiger partial charge >= 0.3 is 0 Å². The van der Waals surface area contributed by atoms with E-state index < -0.39 is 0 Å². The SMILES string of the molecule is CCNC(=NCC(C)SC)NCCSC.I. The molecule has 0 radical (unpaired) electrons. The number of rotatable bonds is 7. The number of halogens is 1. The highest BCUT2D eigenvalue weighted by molar-refractivity contribution is 14.0. The molecule has 0 rings (SSSR count). The van der Waals surface area contributed by atoms with Crippen LogP contribution in [0, 0.1) is 0 Å².